The van der Waals surface area contributed by atoms with Crippen LogP contribution in [0.3, 0.4) is 0 Å². The van der Waals surface area contributed by atoms with Crippen LogP contribution in [0.2, 0.25) is 0 Å². The molecule has 0 saturated heterocycles. The Balaban J connectivity index is 2.68. The van der Waals surface area contributed by atoms with Crippen molar-refractivity contribution in [3.8, 4) is 0 Å². The molecule has 1 amide bonds. The Hall–Kier alpha value is -1.71. The number of hydrogen-bond donors (Lipinski definition) is 2. The average Bonchev–Trinajstić information content (AvgIpc) is 2.19. The fourth-order valence-corrected chi connectivity index (χ4v) is 1.61. The predicted molar refractivity (Wildman–Crippen MR) is 68.5 cm³/mol. The second-order valence-electron chi connectivity index (χ2n) is 4.87. The van der Waals surface area contributed by atoms with E-state index in [4.69, 9.17) is 16.2 Å². The quantitative estimate of drug-likeness (QED) is 0.787. The van der Waals surface area contributed by atoms with Gasteiger partial charge in [-0.15, -0.1) is 0 Å². The highest BCUT2D eigenvalue weighted by molar-refractivity contribution is 5.65. The summed E-state index contributed by atoms with van der Waals surface area (Å²) >= 11 is 0. The minimum absolute atomic E-state index is 0.165. The molecular formula is C13H20N2O2. The fraction of sp³-hybridized carbons (Fsp3) is 0.462. The van der Waals surface area contributed by atoms with Crippen molar-refractivity contribution in [2.75, 3.05) is 5.73 Å². The molecule has 1 unspecified atom stereocenters. The number of primary amides is 1. The molecule has 94 valence electrons. The third-order valence-corrected chi connectivity index (χ3v) is 3.07. The minimum Gasteiger partial charge on any atom is -0.443 e. The maximum Gasteiger partial charge on any atom is 0.405 e. The molecule has 1 aromatic rings. The van der Waals surface area contributed by atoms with Crippen molar-refractivity contribution in [1.82, 2.24) is 0 Å². The van der Waals surface area contributed by atoms with Gasteiger partial charge in [-0.05, 0) is 43.9 Å². The third kappa shape index (κ3) is 3.98. The molecule has 0 radical (unpaired) electrons. The fourth-order valence-electron chi connectivity index (χ4n) is 1.61. The van der Waals surface area contributed by atoms with Crippen molar-refractivity contribution < 1.29 is 9.53 Å². The molecule has 0 aliphatic rings. The highest BCUT2D eigenvalue weighted by Crippen LogP contribution is 2.25. The summed E-state index contributed by atoms with van der Waals surface area (Å²) in [7, 11) is 0. The second-order valence-corrected chi connectivity index (χ2v) is 4.87. The van der Waals surface area contributed by atoms with E-state index in [1.807, 2.05) is 45.0 Å². The standard InChI is InChI=1S/C13H20N2O2/c1-9(13(2,3)17-12(15)16)8-10-4-6-11(14)7-5-10/h4-7,9H,8,14H2,1-3H3,(H2,15,16). The van der Waals surface area contributed by atoms with Gasteiger partial charge in [0.25, 0.3) is 0 Å². The molecule has 0 aromatic heterocycles. The first-order valence-corrected chi connectivity index (χ1v) is 5.64. The Morgan fingerprint density at radius 3 is 2.35 bits per heavy atom. The van der Waals surface area contributed by atoms with Crippen LogP contribution < -0.4 is 11.5 Å². The van der Waals surface area contributed by atoms with Crippen molar-refractivity contribution in [3.05, 3.63) is 29.8 Å². The number of carbonyl (C=O) groups excluding carboxylic acids is 1. The van der Waals surface area contributed by atoms with Gasteiger partial charge in [0.15, 0.2) is 0 Å². The van der Waals surface area contributed by atoms with Gasteiger partial charge in [0.1, 0.15) is 5.60 Å². The number of anilines is 1. The first kappa shape index (κ1) is 13.4. The second kappa shape index (κ2) is 5.08. The summed E-state index contributed by atoms with van der Waals surface area (Å²) < 4.78 is 5.11. The molecule has 1 aromatic carbocycles. The molecule has 0 bridgehead atoms. The van der Waals surface area contributed by atoms with E-state index < -0.39 is 11.7 Å². The number of nitrogens with two attached hydrogens (primary N) is 2. The van der Waals surface area contributed by atoms with E-state index in [1.54, 1.807) is 0 Å². The van der Waals surface area contributed by atoms with Crippen LogP contribution in [-0.4, -0.2) is 11.7 Å². The van der Waals surface area contributed by atoms with Crippen LogP contribution in [0.4, 0.5) is 10.5 Å². The normalized spacial score (nSPS) is 13.1. The van der Waals surface area contributed by atoms with Crippen LogP contribution in [-0.2, 0) is 11.2 Å². The monoisotopic (exact) mass is 236 g/mol. The molecule has 4 heteroatoms. The topological polar surface area (TPSA) is 78.3 Å². The summed E-state index contributed by atoms with van der Waals surface area (Å²) in [5, 5.41) is 0. The van der Waals surface area contributed by atoms with Gasteiger partial charge >= 0.3 is 6.09 Å². The number of ether oxygens (including phenoxy) is 1. The maximum atomic E-state index is 10.8. The summed E-state index contributed by atoms with van der Waals surface area (Å²) in [4.78, 5) is 10.8. The lowest BCUT2D eigenvalue weighted by molar-refractivity contribution is 0.00478. The number of rotatable bonds is 4. The van der Waals surface area contributed by atoms with Crippen LogP contribution in [0.25, 0.3) is 0 Å². The smallest absolute Gasteiger partial charge is 0.405 e. The van der Waals surface area contributed by atoms with Gasteiger partial charge in [-0.25, -0.2) is 4.79 Å². The lowest BCUT2D eigenvalue weighted by Gasteiger charge is -2.30. The first-order valence-electron chi connectivity index (χ1n) is 5.64. The molecule has 0 saturated carbocycles. The summed E-state index contributed by atoms with van der Waals surface area (Å²) in [6, 6.07) is 7.69. The maximum absolute atomic E-state index is 10.8. The van der Waals surface area contributed by atoms with Crippen LogP contribution in [0.15, 0.2) is 24.3 Å². The molecule has 17 heavy (non-hydrogen) atoms. The lowest BCUT2D eigenvalue weighted by Crippen LogP contribution is -2.38. The Kier molecular flexibility index (Phi) is 3.99. The van der Waals surface area contributed by atoms with Crippen molar-refractivity contribution in [3.63, 3.8) is 0 Å². The number of nitrogen functional groups attached to an aromatic ring is 1. The minimum atomic E-state index is -0.737. The first-order chi connectivity index (χ1) is 7.81. The van der Waals surface area contributed by atoms with E-state index >= 15 is 0 Å². The molecule has 0 aliphatic carbocycles. The number of hydrogen-bond acceptors (Lipinski definition) is 3. The lowest BCUT2D eigenvalue weighted by atomic mass is 9.87. The van der Waals surface area contributed by atoms with E-state index in [-0.39, 0.29) is 5.92 Å². The van der Waals surface area contributed by atoms with Crippen molar-refractivity contribution in [2.24, 2.45) is 11.7 Å². The molecular weight excluding hydrogens is 216 g/mol. The Labute approximate surface area is 102 Å². The van der Waals surface area contributed by atoms with E-state index in [2.05, 4.69) is 0 Å². The van der Waals surface area contributed by atoms with Gasteiger partial charge in [0.05, 0.1) is 0 Å². The summed E-state index contributed by atoms with van der Waals surface area (Å²) in [6.45, 7) is 5.75. The molecule has 1 rings (SSSR count). The zero-order valence-electron chi connectivity index (χ0n) is 10.6. The Bertz CT molecular complexity index is 385. The predicted octanol–water partition coefficient (Wildman–Crippen LogP) is 2.32. The Morgan fingerprint density at radius 2 is 1.88 bits per heavy atom. The van der Waals surface area contributed by atoms with Crippen LogP contribution >= 0.6 is 0 Å². The molecule has 0 fully saturated rings. The van der Waals surface area contributed by atoms with Gasteiger partial charge in [-0.3, -0.25) is 0 Å². The summed E-state index contributed by atoms with van der Waals surface area (Å²) in [5.74, 6) is 0.165. The molecule has 0 spiro atoms. The summed E-state index contributed by atoms with van der Waals surface area (Å²) in [6.07, 6.45) is 0.0692. The van der Waals surface area contributed by atoms with Gasteiger partial charge in [-0.1, -0.05) is 19.1 Å². The number of benzene rings is 1. The number of carbonyl (C=O) groups is 1. The summed E-state index contributed by atoms with van der Waals surface area (Å²) in [5.41, 5.74) is 12.0. The van der Waals surface area contributed by atoms with E-state index in [0.717, 1.165) is 17.7 Å². The highest BCUT2D eigenvalue weighted by atomic mass is 16.6. The third-order valence-electron chi connectivity index (χ3n) is 3.07. The van der Waals surface area contributed by atoms with Crippen molar-refractivity contribution in [1.29, 1.82) is 0 Å². The zero-order chi connectivity index (χ0) is 13.1. The van der Waals surface area contributed by atoms with Crippen molar-refractivity contribution in [2.45, 2.75) is 32.8 Å². The SMILES string of the molecule is CC(Cc1ccc(N)cc1)C(C)(C)OC(N)=O. The molecule has 4 N–H and O–H groups in total. The van der Waals surface area contributed by atoms with Gasteiger partial charge in [0.2, 0.25) is 0 Å². The van der Waals surface area contributed by atoms with Gasteiger partial charge < -0.3 is 16.2 Å². The van der Waals surface area contributed by atoms with Crippen LogP contribution in [0.1, 0.15) is 26.3 Å². The van der Waals surface area contributed by atoms with Gasteiger partial charge in [-0.2, -0.15) is 0 Å². The number of amides is 1. The van der Waals surface area contributed by atoms with Gasteiger partial charge in [0, 0.05) is 5.69 Å². The highest BCUT2D eigenvalue weighted by Gasteiger charge is 2.29. The van der Waals surface area contributed by atoms with Crippen LogP contribution in [0, 0.1) is 5.92 Å². The molecule has 1 atom stereocenters. The van der Waals surface area contributed by atoms with Crippen molar-refractivity contribution >= 4 is 11.8 Å². The average molecular weight is 236 g/mol. The Morgan fingerprint density at radius 1 is 1.35 bits per heavy atom. The molecule has 0 aliphatic heterocycles. The van der Waals surface area contributed by atoms with E-state index in [1.165, 1.54) is 0 Å². The van der Waals surface area contributed by atoms with E-state index in [9.17, 15) is 4.79 Å². The molecule has 4 nitrogen and oxygen atoms in total. The molecule has 0 heterocycles. The largest absolute Gasteiger partial charge is 0.443 e. The zero-order valence-corrected chi connectivity index (χ0v) is 10.6. The van der Waals surface area contributed by atoms with Crippen LogP contribution in [0.5, 0.6) is 0 Å². The van der Waals surface area contributed by atoms with E-state index in [0.29, 0.717) is 0 Å².